The molecule has 0 aliphatic heterocycles. The molecule has 0 bridgehead atoms. The molecule has 0 N–H and O–H groups in total. The molecular weight excluding hydrogens is 162 g/mol. The minimum absolute atomic E-state index is 0.0719. The Balaban J connectivity index is 4.11. The Kier molecular flexibility index (Phi) is 5.88. The summed E-state index contributed by atoms with van der Waals surface area (Å²) in [4.78, 5) is 10.7. The van der Waals surface area contributed by atoms with E-state index >= 15 is 0 Å². The van der Waals surface area contributed by atoms with Crippen molar-refractivity contribution < 1.29 is 4.79 Å². The van der Waals surface area contributed by atoms with Gasteiger partial charge < -0.3 is 0 Å². The largest absolute Gasteiger partial charge is 0.295 e. The standard InChI is InChI=1S/C11H17NO/c1-9(2)11(5-4-8-12)7-6-10(3)13/h6-7,9,11H,4-5H2,1-3H3. The second kappa shape index (κ2) is 6.42. The smallest absolute Gasteiger partial charge is 0.152 e. The Bertz CT molecular complexity index is 223. The van der Waals surface area contributed by atoms with Gasteiger partial charge in [0.15, 0.2) is 5.78 Å². The molecule has 0 fully saturated rings. The van der Waals surface area contributed by atoms with E-state index in [0.717, 1.165) is 6.42 Å². The summed E-state index contributed by atoms with van der Waals surface area (Å²) in [5.41, 5.74) is 0. The summed E-state index contributed by atoms with van der Waals surface area (Å²) >= 11 is 0. The highest BCUT2D eigenvalue weighted by Crippen LogP contribution is 2.18. The van der Waals surface area contributed by atoms with Crippen LogP contribution in [-0.4, -0.2) is 5.78 Å². The zero-order chi connectivity index (χ0) is 10.3. The molecule has 0 aliphatic rings. The van der Waals surface area contributed by atoms with Crippen molar-refractivity contribution in [2.24, 2.45) is 11.8 Å². The minimum atomic E-state index is 0.0719. The Morgan fingerprint density at radius 3 is 2.54 bits per heavy atom. The molecule has 0 radical (unpaired) electrons. The Morgan fingerprint density at radius 2 is 2.15 bits per heavy atom. The Labute approximate surface area is 80.3 Å². The number of hydrogen-bond donors (Lipinski definition) is 0. The van der Waals surface area contributed by atoms with E-state index < -0.39 is 0 Å². The average Bonchev–Trinajstić information content (AvgIpc) is 2.03. The van der Waals surface area contributed by atoms with E-state index in [4.69, 9.17) is 5.26 Å². The number of hydrogen-bond acceptors (Lipinski definition) is 2. The van der Waals surface area contributed by atoms with E-state index in [1.807, 2.05) is 6.08 Å². The molecule has 0 aromatic heterocycles. The zero-order valence-corrected chi connectivity index (χ0v) is 8.58. The van der Waals surface area contributed by atoms with Crippen molar-refractivity contribution in [2.75, 3.05) is 0 Å². The quantitative estimate of drug-likeness (QED) is 0.609. The molecular formula is C11H17NO. The van der Waals surface area contributed by atoms with E-state index in [2.05, 4.69) is 19.9 Å². The molecule has 0 saturated carbocycles. The molecule has 72 valence electrons. The monoisotopic (exact) mass is 179 g/mol. The molecule has 0 aromatic rings. The van der Waals surface area contributed by atoms with Crippen molar-refractivity contribution in [3.8, 4) is 6.07 Å². The van der Waals surface area contributed by atoms with Crippen LogP contribution in [0.15, 0.2) is 12.2 Å². The maximum absolute atomic E-state index is 10.7. The number of carbonyl (C=O) groups excluding carboxylic acids is 1. The molecule has 0 heterocycles. The molecule has 0 aliphatic carbocycles. The van der Waals surface area contributed by atoms with Gasteiger partial charge in [0.2, 0.25) is 0 Å². The number of nitrogens with zero attached hydrogens (tertiary/aromatic N) is 1. The molecule has 1 atom stereocenters. The van der Waals surface area contributed by atoms with Crippen molar-refractivity contribution in [1.29, 1.82) is 5.26 Å². The maximum atomic E-state index is 10.7. The van der Waals surface area contributed by atoms with Crippen LogP contribution in [-0.2, 0) is 4.79 Å². The van der Waals surface area contributed by atoms with Gasteiger partial charge in [-0.25, -0.2) is 0 Å². The fraction of sp³-hybridized carbons (Fsp3) is 0.636. The van der Waals surface area contributed by atoms with Gasteiger partial charge in [-0.1, -0.05) is 19.9 Å². The third kappa shape index (κ3) is 6.10. The SMILES string of the molecule is CC(=O)C=CC(CCC#N)C(C)C. The lowest BCUT2D eigenvalue weighted by molar-refractivity contribution is -0.112. The van der Waals surface area contributed by atoms with Crippen LogP contribution >= 0.6 is 0 Å². The number of carbonyl (C=O) groups is 1. The molecule has 0 spiro atoms. The number of allylic oxidation sites excluding steroid dienone is 2. The van der Waals surface area contributed by atoms with Gasteiger partial charge in [0, 0.05) is 6.42 Å². The topological polar surface area (TPSA) is 40.9 Å². The summed E-state index contributed by atoms with van der Waals surface area (Å²) < 4.78 is 0. The maximum Gasteiger partial charge on any atom is 0.152 e. The van der Waals surface area contributed by atoms with Gasteiger partial charge in [0.05, 0.1) is 6.07 Å². The average molecular weight is 179 g/mol. The van der Waals surface area contributed by atoms with Crippen LogP contribution in [0.4, 0.5) is 0 Å². The first kappa shape index (κ1) is 11.9. The number of ketones is 1. The van der Waals surface area contributed by atoms with E-state index in [1.54, 1.807) is 6.08 Å². The highest BCUT2D eigenvalue weighted by atomic mass is 16.1. The lowest BCUT2D eigenvalue weighted by Gasteiger charge is -2.14. The van der Waals surface area contributed by atoms with Crippen molar-refractivity contribution in [3.63, 3.8) is 0 Å². The van der Waals surface area contributed by atoms with E-state index in [0.29, 0.717) is 18.3 Å². The highest BCUT2D eigenvalue weighted by Gasteiger charge is 2.08. The molecule has 0 amide bonds. The van der Waals surface area contributed by atoms with Crippen LogP contribution in [0.3, 0.4) is 0 Å². The lowest BCUT2D eigenvalue weighted by atomic mass is 9.91. The molecule has 0 saturated heterocycles. The highest BCUT2D eigenvalue weighted by molar-refractivity contribution is 5.87. The van der Waals surface area contributed by atoms with Crippen LogP contribution in [0.5, 0.6) is 0 Å². The second-order valence-corrected chi connectivity index (χ2v) is 3.57. The van der Waals surface area contributed by atoms with Gasteiger partial charge in [-0.15, -0.1) is 0 Å². The third-order valence-electron chi connectivity index (χ3n) is 2.02. The van der Waals surface area contributed by atoms with Crippen LogP contribution in [0.2, 0.25) is 0 Å². The van der Waals surface area contributed by atoms with Gasteiger partial charge in [0.1, 0.15) is 0 Å². The number of rotatable bonds is 5. The predicted molar refractivity (Wildman–Crippen MR) is 53.0 cm³/mol. The van der Waals surface area contributed by atoms with E-state index in [9.17, 15) is 4.79 Å². The molecule has 0 aromatic carbocycles. The minimum Gasteiger partial charge on any atom is -0.295 e. The fourth-order valence-corrected chi connectivity index (χ4v) is 1.14. The van der Waals surface area contributed by atoms with Gasteiger partial charge in [-0.05, 0) is 31.3 Å². The summed E-state index contributed by atoms with van der Waals surface area (Å²) in [5, 5.41) is 8.43. The van der Waals surface area contributed by atoms with Gasteiger partial charge in [-0.3, -0.25) is 4.79 Å². The van der Waals surface area contributed by atoms with Gasteiger partial charge >= 0.3 is 0 Å². The van der Waals surface area contributed by atoms with Crippen LogP contribution in [0.1, 0.15) is 33.6 Å². The van der Waals surface area contributed by atoms with E-state index in [-0.39, 0.29) is 5.78 Å². The predicted octanol–water partition coefficient (Wildman–Crippen LogP) is 2.71. The van der Waals surface area contributed by atoms with Gasteiger partial charge in [-0.2, -0.15) is 5.26 Å². The lowest BCUT2D eigenvalue weighted by Crippen LogP contribution is -2.05. The van der Waals surface area contributed by atoms with Crippen molar-refractivity contribution in [1.82, 2.24) is 0 Å². The first-order valence-electron chi connectivity index (χ1n) is 4.63. The first-order chi connectivity index (χ1) is 6.07. The second-order valence-electron chi connectivity index (χ2n) is 3.57. The van der Waals surface area contributed by atoms with Crippen LogP contribution in [0.25, 0.3) is 0 Å². The zero-order valence-electron chi connectivity index (χ0n) is 8.58. The Hall–Kier alpha value is -1.10. The van der Waals surface area contributed by atoms with Gasteiger partial charge in [0.25, 0.3) is 0 Å². The normalized spacial score (nSPS) is 13.2. The third-order valence-corrected chi connectivity index (χ3v) is 2.02. The molecule has 0 rings (SSSR count). The van der Waals surface area contributed by atoms with Crippen molar-refractivity contribution in [3.05, 3.63) is 12.2 Å². The van der Waals surface area contributed by atoms with Crippen molar-refractivity contribution in [2.45, 2.75) is 33.6 Å². The van der Waals surface area contributed by atoms with E-state index in [1.165, 1.54) is 6.92 Å². The summed E-state index contributed by atoms with van der Waals surface area (Å²) in [7, 11) is 0. The molecule has 1 unspecified atom stereocenters. The summed E-state index contributed by atoms with van der Waals surface area (Å²) in [6.07, 6.45) is 4.93. The number of nitriles is 1. The molecule has 2 nitrogen and oxygen atoms in total. The van der Waals surface area contributed by atoms with Crippen molar-refractivity contribution >= 4 is 5.78 Å². The Morgan fingerprint density at radius 1 is 1.54 bits per heavy atom. The first-order valence-corrected chi connectivity index (χ1v) is 4.63. The molecule has 2 heteroatoms. The van der Waals surface area contributed by atoms with Crippen LogP contribution in [0, 0.1) is 23.2 Å². The summed E-state index contributed by atoms with van der Waals surface area (Å²) in [6, 6.07) is 2.12. The fourth-order valence-electron chi connectivity index (χ4n) is 1.14. The summed E-state index contributed by atoms with van der Waals surface area (Å²) in [6.45, 7) is 5.75. The summed E-state index contributed by atoms with van der Waals surface area (Å²) in [5.74, 6) is 0.912. The van der Waals surface area contributed by atoms with Crippen LogP contribution < -0.4 is 0 Å². The molecule has 13 heavy (non-hydrogen) atoms.